The topological polar surface area (TPSA) is 26.3 Å². The molecule has 1 aliphatic rings. The van der Waals surface area contributed by atoms with Crippen LogP contribution in [0, 0.1) is 0 Å². The average Bonchev–Trinajstić information content (AvgIpc) is 3.06. The van der Waals surface area contributed by atoms with Crippen molar-refractivity contribution in [1.29, 1.82) is 0 Å². The molecule has 1 aromatic carbocycles. The standard InChI is InChI=1S/C16H15ClO2S/c17-12-3-1-11(2-4-12)16-8-7-15(20-16)10-19-14-6-5-13(18)9-14/h1-4,7-8,14H,5-6,9-10H2. The van der Waals surface area contributed by atoms with Crippen LogP contribution >= 0.6 is 22.9 Å². The predicted molar refractivity (Wildman–Crippen MR) is 82.2 cm³/mol. The molecule has 0 aliphatic heterocycles. The molecular weight excluding hydrogens is 292 g/mol. The molecule has 20 heavy (non-hydrogen) atoms. The van der Waals surface area contributed by atoms with Crippen LogP contribution in [0.3, 0.4) is 0 Å². The first-order valence-electron chi connectivity index (χ1n) is 6.68. The number of rotatable bonds is 4. The van der Waals surface area contributed by atoms with Gasteiger partial charge < -0.3 is 4.74 Å². The number of ketones is 1. The lowest BCUT2D eigenvalue weighted by Gasteiger charge is -2.08. The highest BCUT2D eigenvalue weighted by atomic mass is 35.5. The smallest absolute Gasteiger partial charge is 0.135 e. The van der Waals surface area contributed by atoms with Gasteiger partial charge in [0.1, 0.15) is 5.78 Å². The molecule has 0 saturated heterocycles. The monoisotopic (exact) mass is 306 g/mol. The summed E-state index contributed by atoms with van der Waals surface area (Å²) in [5.74, 6) is 0.322. The highest BCUT2D eigenvalue weighted by molar-refractivity contribution is 7.15. The molecule has 1 aliphatic carbocycles. The van der Waals surface area contributed by atoms with Gasteiger partial charge in [0.25, 0.3) is 0 Å². The van der Waals surface area contributed by atoms with Gasteiger partial charge in [0.15, 0.2) is 0 Å². The van der Waals surface area contributed by atoms with Crippen LogP contribution < -0.4 is 0 Å². The zero-order chi connectivity index (χ0) is 13.9. The van der Waals surface area contributed by atoms with Crippen molar-refractivity contribution in [1.82, 2.24) is 0 Å². The summed E-state index contributed by atoms with van der Waals surface area (Å²) >= 11 is 7.62. The summed E-state index contributed by atoms with van der Waals surface area (Å²) in [4.78, 5) is 13.6. The van der Waals surface area contributed by atoms with Gasteiger partial charge in [-0.3, -0.25) is 4.79 Å². The van der Waals surface area contributed by atoms with E-state index in [0.29, 0.717) is 25.2 Å². The Labute approximate surface area is 127 Å². The number of thiophene rings is 1. The third-order valence-corrected chi connectivity index (χ3v) is 4.81. The van der Waals surface area contributed by atoms with E-state index in [1.54, 1.807) is 11.3 Å². The predicted octanol–water partition coefficient (Wildman–Crippen LogP) is 4.71. The summed E-state index contributed by atoms with van der Waals surface area (Å²) in [5, 5.41) is 0.750. The van der Waals surface area contributed by atoms with Crippen LogP contribution in [-0.4, -0.2) is 11.9 Å². The van der Waals surface area contributed by atoms with E-state index < -0.39 is 0 Å². The summed E-state index contributed by atoms with van der Waals surface area (Å²) in [5.41, 5.74) is 1.17. The van der Waals surface area contributed by atoms with Crippen LogP contribution in [-0.2, 0) is 16.1 Å². The average molecular weight is 307 g/mol. The highest BCUT2D eigenvalue weighted by Crippen LogP contribution is 2.30. The van der Waals surface area contributed by atoms with E-state index in [1.165, 1.54) is 15.3 Å². The Morgan fingerprint density at radius 3 is 2.70 bits per heavy atom. The van der Waals surface area contributed by atoms with Crippen molar-refractivity contribution in [3.05, 3.63) is 46.3 Å². The molecule has 1 fully saturated rings. The fraction of sp³-hybridized carbons (Fsp3) is 0.312. The van der Waals surface area contributed by atoms with Gasteiger partial charge in [-0.1, -0.05) is 23.7 Å². The Kier molecular flexibility index (Phi) is 4.20. The normalized spacial score (nSPS) is 18.6. The van der Waals surface area contributed by atoms with Crippen LogP contribution in [0.1, 0.15) is 24.1 Å². The van der Waals surface area contributed by atoms with E-state index in [4.69, 9.17) is 16.3 Å². The number of carbonyl (C=O) groups excluding carboxylic acids is 1. The second-order valence-corrected chi connectivity index (χ2v) is 6.59. The largest absolute Gasteiger partial charge is 0.372 e. The molecule has 1 aromatic heterocycles. The third-order valence-electron chi connectivity index (χ3n) is 3.45. The van der Waals surface area contributed by atoms with Gasteiger partial charge in [-0.15, -0.1) is 11.3 Å². The van der Waals surface area contributed by atoms with E-state index in [1.807, 2.05) is 24.3 Å². The minimum atomic E-state index is 0.114. The molecule has 0 N–H and O–H groups in total. The van der Waals surface area contributed by atoms with E-state index in [2.05, 4.69) is 12.1 Å². The van der Waals surface area contributed by atoms with E-state index in [-0.39, 0.29) is 6.10 Å². The molecule has 1 unspecified atom stereocenters. The minimum Gasteiger partial charge on any atom is -0.372 e. The maximum absolute atomic E-state index is 11.2. The van der Waals surface area contributed by atoms with Crippen LogP contribution in [0.15, 0.2) is 36.4 Å². The summed E-state index contributed by atoms with van der Waals surface area (Å²) < 4.78 is 5.80. The van der Waals surface area contributed by atoms with Crippen molar-refractivity contribution in [2.24, 2.45) is 0 Å². The summed E-state index contributed by atoms with van der Waals surface area (Å²) in [7, 11) is 0. The van der Waals surface area contributed by atoms with Gasteiger partial charge in [0, 0.05) is 27.6 Å². The first kappa shape index (κ1) is 13.8. The Balaban J connectivity index is 1.62. The number of Topliss-reactive ketones (excluding diaryl/α,β-unsaturated/α-hetero) is 1. The van der Waals surface area contributed by atoms with Crippen LogP contribution in [0.25, 0.3) is 10.4 Å². The van der Waals surface area contributed by atoms with Crippen molar-refractivity contribution in [3.63, 3.8) is 0 Å². The second-order valence-electron chi connectivity index (χ2n) is 4.99. The molecule has 0 amide bonds. The van der Waals surface area contributed by atoms with Crippen molar-refractivity contribution < 1.29 is 9.53 Å². The number of hydrogen-bond donors (Lipinski definition) is 0. The second kappa shape index (κ2) is 6.08. The maximum Gasteiger partial charge on any atom is 0.135 e. The Hall–Kier alpha value is -1.16. The number of benzene rings is 1. The molecule has 4 heteroatoms. The van der Waals surface area contributed by atoms with Crippen LogP contribution in [0.5, 0.6) is 0 Å². The molecule has 0 bridgehead atoms. The van der Waals surface area contributed by atoms with Gasteiger partial charge in [0.2, 0.25) is 0 Å². The van der Waals surface area contributed by atoms with E-state index >= 15 is 0 Å². The molecule has 1 atom stereocenters. The first-order valence-corrected chi connectivity index (χ1v) is 7.88. The fourth-order valence-electron chi connectivity index (χ4n) is 2.35. The maximum atomic E-state index is 11.2. The van der Waals surface area contributed by atoms with Crippen molar-refractivity contribution in [2.45, 2.75) is 32.0 Å². The Morgan fingerprint density at radius 1 is 1.20 bits per heavy atom. The first-order chi connectivity index (χ1) is 9.70. The SMILES string of the molecule is O=C1CCC(OCc2ccc(-c3ccc(Cl)cc3)s2)C1. The Bertz CT molecular complexity index is 603. The molecule has 2 nitrogen and oxygen atoms in total. The van der Waals surface area contributed by atoms with Crippen molar-refractivity contribution in [2.75, 3.05) is 0 Å². The molecular formula is C16H15ClO2S. The molecule has 2 aromatic rings. The summed E-state index contributed by atoms with van der Waals surface area (Å²) in [6.07, 6.45) is 2.23. The molecule has 104 valence electrons. The number of halogens is 1. The van der Waals surface area contributed by atoms with Crippen LogP contribution in [0.4, 0.5) is 0 Å². The lowest BCUT2D eigenvalue weighted by molar-refractivity contribution is -0.118. The van der Waals surface area contributed by atoms with E-state index in [9.17, 15) is 4.79 Å². The number of ether oxygens (including phenoxy) is 1. The molecule has 3 rings (SSSR count). The Morgan fingerprint density at radius 2 is 2.00 bits per heavy atom. The lowest BCUT2D eigenvalue weighted by Crippen LogP contribution is -2.07. The van der Waals surface area contributed by atoms with Gasteiger partial charge in [-0.25, -0.2) is 0 Å². The van der Waals surface area contributed by atoms with E-state index in [0.717, 1.165) is 11.4 Å². The molecule has 0 spiro atoms. The van der Waals surface area contributed by atoms with Gasteiger partial charge >= 0.3 is 0 Å². The minimum absolute atomic E-state index is 0.114. The fourth-order valence-corrected chi connectivity index (χ4v) is 3.41. The van der Waals surface area contributed by atoms with Gasteiger partial charge in [-0.05, 0) is 36.2 Å². The summed E-state index contributed by atoms with van der Waals surface area (Å²) in [6.45, 7) is 0.593. The lowest BCUT2D eigenvalue weighted by atomic mass is 10.2. The van der Waals surface area contributed by atoms with Crippen molar-refractivity contribution in [3.8, 4) is 10.4 Å². The van der Waals surface area contributed by atoms with Gasteiger partial charge in [0.05, 0.1) is 12.7 Å². The molecule has 1 saturated carbocycles. The third kappa shape index (κ3) is 3.29. The number of carbonyl (C=O) groups is 1. The molecule has 1 heterocycles. The van der Waals surface area contributed by atoms with Crippen molar-refractivity contribution >= 4 is 28.7 Å². The van der Waals surface area contributed by atoms with Crippen LogP contribution in [0.2, 0.25) is 5.02 Å². The van der Waals surface area contributed by atoms with Gasteiger partial charge in [-0.2, -0.15) is 0 Å². The highest BCUT2D eigenvalue weighted by Gasteiger charge is 2.22. The zero-order valence-corrected chi connectivity index (χ0v) is 12.5. The summed E-state index contributed by atoms with van der Waals surface area (Å²) in [6, 6.07) is 12.0. The molecule has 0 radical (unpaired) electrons. The quantitative estimate of drug-likeness (QED) is 0.818. The zero-order valence-electron chi connectivity index (χ0n) is 11.0. The number of hydrogen-bond acceptors (Lipinski definition) is 3.